The zero-order valence-corrected chi connectivity index (χ0v) is 19.5. The van der Waals surface area contributed by atoms with Crippen molar-refractivity contribution >= 4 is 38.3 Å². The van der Waals surface area contributed by atoms with Crippen molar-refractivity contribution in [3.8, 4) is 0 Å². The number of alkyl halides is 1. The number of aliphatic hydroxyl groups excluding tert-OH is 1. The summed E-state index contributed by atoms with van der Waals surface area (Å²) in [7, 11) is -3.45. The molecule has 0 amide bonds. The van der Waals surface area contributed by atoms with E-state index in [1.807, 2.05) is 0 Å². The van der Waals surface area contributed by atoms with E-state index in [1.54, 1.807) is 19.1 Å². The van der Waals surface area contributed by atoms with Gasteiger partial charge in [0.25, 0.3) is 0 Å². The number of hydrogen-bond donors (Lipinski definition) is 2. The molecular formula is C23H30ClNO5S. The molecule has 1 unspecified atom stereocenters. The molecule has 2 atom stereocenters. The van der Waals surface area contributed by atoms with Crippen LogP contribution in [-0.2, 0) is 27.6 Å². The molecule has 31 heavy (non-hydrogen) atoms. The fourth-order valence-corrected chi connectivity index (χ4v) is 6.39. The van der Waals surface area contributed by atoms with Crippen LogP contribution in [0.5, 0.6) is 0 Å². The Morgan fingerprint density at radius 1 is 1.23 bits per heavy atom. The molecule has 1 saturated carbocycles. The molecule has 1 aromatic heterocycles. The quantitative estimate of drug-likeness (QED) is 0.613. The first-order valence-electron chi connectivity index (χ1n) is 11.0. The SMILES string of the molecule is CC(O)c1cc(S(C)(=O)=O)cc2c3c(n(CC4CCC(Cl)CC4)c12)[C@@H](CC(=O)O)CC3. The fraction of sp³-hybridized carbons (Fsp3) is 0.609. The minimum atomic E-state index is -3.45. The molecule has 0 aliphatic heterocycles. The number of halogens is 1. The van der Waals surface area contributed by atoms with Gasteiger partial charge in [0.2, 0.25) is 0 Å². The highest BCUT2D eigenvalue weighted by molar-refractivity contribution is 7.90. The molecule has 170 valence electrons. The molecule has 0 bridgehead atoms. The molecule has 2 N–H and O–H groups in total. The first kappa shape index (κ1) is 22.6. The number of fused-ring (bicyclic) bond motifs is 3. The number of carboxylic acids is 1. The average molecular weight is 468 g/mol. The highest BCUT2D eigenvalue weighted by Gasteiger charge is 2.34. The van der Waals surface area contributed by atoms with Gasteiger partial charge in [-0.15, -0.1) is 11.6 Å². The summed E-state index contributed by atoms with van der Waals surface area (Å²) >= 11 is 6.30. The Labute approximate surface area is 188 Å². The van der Waals surface area contributed by atoms with Gasteiger partial charge >= 0.3 is 5.97 Å². The predicted octanol–water partition coefficient (Wildman–Crippen LogP) is 4.40. The summed E-state index contributed by atoms with van der Waals surface area (Å²) < 4.78 is 26.9. The molecule has 2 aliphatic carbocycles. The van der Waals surface area contributed by atoms with Crippen LogP contribution < -0.4 is 0 Å². The van der Waals surface area contributed by atoms with Crippen molar-refractivity contribution in [1.29, 1.82) is 0 Å². The van der Waals surface area contributed by atoms with Crippen LogP contribution >= 0.6 is 11.6 Å². The summed E-state index contributed by atoms with van der Waals surface area (Å²) in [5, 5.41) is 21.1. The number of nitrogens with zero attached hydrogens (tertiary/aromatic N) is 1. The lowest BCUT2D eigenvalue weighted by Gasteiger charge is -2.28. The van der Waals surface area contributed by atoms with Crippen molar-refractivity contribution in [2.45, 2.75) is 80.7 Å². The average Bonchev–Trinajstić information content (AvgIpc) is 3.21. The van der Waals surface area contributed by atoms with Crippen molar-refractivity contribution in [3.05, 3.63) is 29.0 Å². The number of benzene rings is 1. The van der Waals surface area contributed by atoms with E-state index in [2.05, 4.69) is 4.57 Å². The number of carboxylic acid groups (broad SMARTS) is 1. The molecule has 6 nitrogen and oxygen atoms in total. The van der Waals surface area contributed by atoms with Gasteiger partial charge in [0.05, 0.1) is 22.9 Å². The van der Waals surface area contributed by atoms with Crippen molar-refractivity contribution in [3.63, 3.8) is 0 Å². The molecule has 1 fully saturated rings. The van der Waals surface area contributed by atoms with Crippen molar-refractivity contribution in [2.24, 2.45) is 5.92 Å². The Morgan fingerprint density at radius 3 is 2.48 bits per heavy atom. The normalized spacial score (nSPS) is 25.0. The van der Waals surface area contributed by atoms with Gasteiger partial charge in [0, 0.05) is 40.7 Å². The number of hydrogen-bond acceptors (Lipinski definition) is 4. The lowest BCUT2D eigenvalue weighted by molar-refractivity contribution is -0.137. The topological polar surface area (TPSA) is 96.6 Å². The van der Waals surface area contributed by atoms with E-state index in [-0.39, 0.29) is 22.6 Å². The van der Waals surface area contributed by atoms with E-state index >= 15 is 0 Å². The van der Waals surface area contributed by atoms with E-state index in [0.29, 0.717) is 11.5 Å². The van der Waals surface area contributed by atoms with Crippen LogP contribution in [0, 0.1) is 5.92 Å². The molecular weight excluding hydrogens is 438 g/mol. The van der Waals surface area contributed by atoms with E-state index < -0.39 is 21.9 Å². The van der Waals surface area contributed by atoms with Crippen LogP contribution in [0.1, 0.15) is 74.3 Å². The van der Waals surface area contributed by atoms with Gasteiger partial charge in [-0.2, -0.15) is 0 Å². The Kier molecular flexibility index (Phi) is 6.14. The molecule has 0 saturated heterocycles. The van der Waals surface area contributed by atoms with Crippen LogP contribution in [0.15, 0.2) is 17.0 Å². The zero-order chi connectivity index (χ0) is 22.5. The van der Waals surface area contributed by atoms with E-state index in [1.165, 1.54) is 6.26 Å². The Hall–Kier alpha value is -1.57. The minimum absolute atomic E-state index is 0.0562. The summed E-state index contributed by atoms with van der Waals surface area (Å²) in [6.07, 6.45) is 5.81. The standard InChI is InChI=1S/C23H30ClNO5S/c1-13(26)19-10-17(31(2,29)30)11-20-18-8-5-15(9-21(27)28)22(18)25(23(19)20)12-14-3-6-16(24)7-4-14/h10-11,13-16,26H,3-9,12H2,1-2H3,(H,27,28)/t13?,14?,15-,16?/m1/s1. The third kappa shape index (κ3) is 4.37. The molecule has 1 aromatic carbocycles. The number of aliphatic carboxylic acids is 1. The number of aliphatic hydroxyl groups is 1. The summed E-state index contributed by atoms with van der Waals surface area (Å²) in [6.45, 7) is 2.39. The number of aryl methyl sites for hydroxylation is 1. The zero-order valence-electron chi connectivity index (χ0n) is 18.0. The maximum atomic E-state index is 12.3. The summed E-state index contributed by atoms with van der Waals surface area (Å²) in [5.74, 6) is -0.505. The highest BCUT2D eigenvalue weighted by Crippen LogP contribution is 2.45. The summed E-state index contributed by atoms with van der Waals surface area (Å²) in [6, 6.07) is 3.29. The third-order valence-electron chi connectivity index (χ3n) is 6.95. The number of carbonyl (C=O) groups is 1. The first-order valence-corrected chi connectivity index (χ1v) is 13.3. The van der Waals surface area contributed by atoms with Gasteiger partial charge in [0.15, 0.2) is 9.84 Å². The third-order valence-corrected chi connectivity index (χ3v) is 8.48. The minimum Gasteiger partial charge on any atom is -0.481 e. The lowest BCUT2D eigenvalue weighted by Crippen LogP contribution is -2.21. The molecule has 8 heteroatoms. The van der Waals surface area contributed by atoms with Gasteiger partial charge in [-0.25, -0.2) is 8.42 Å². The predicted molar refractivity (Wildman–Crippen MR) is 121 cm³/mol. The first-order chi connectivity index (χ1) is 14.6. The maximum Gasteiger partial charge on any atom is 0.304 e. The second kappa shape index (κ2) is 8.41. The number of aromatic nitrogens is 1. The van der Waals surface area contributed by atoms with Crippen LogP contribution in [0.4, 0.5) is 0 Å². The lowest BCUT2D eigenvalue weighted by atomic mass is 9.88. The van der Waals surface area contributed by atoms with Gasteiger partial charge in [-0.05, 0) is 69.1 Å². The molecule has 4 rings (SSSR count). The summed E-state index contributed by atoms with van der Waals surface area (Å²) in [4.78, 5) is 11.7. The van der Waals surface area contributed by atoms with E-state index in [4.69, 9.17) is 11.6 Å². The van der Waals surface area contributed by atoms with E-state index in [0.717, 1.165) is 67.2 Å². The number of sulfone groups is 1. The molecule has 2 aliphatic rings. The maximum absolute atomic E-state index is 12.3. The molecule has 1 heterocycles. The highest BCUT2D eigenvalue weighted by atomic mass is 35.5. The fourth-order valence-electron chi connectivity index (χ4n) is 5.46. The second-order valence-electron chi connectivity index (χ2n) is 9.28. The van der Waals surface area contributed by atoms with Crippen molar-refractivity contribution in [2.75, 3.05) is 6.26 Å². The Morgan fingerprint density at radius 2 is 1.90 bits per heavy atom. The van der Waals surface area contributed by atoms with E-state index in [9.17, 15) is 23.4 Å². The molecule has 0 radical (unpaired) electrons. The number of rotatable bonds is 6. The van der Waals surface area contributed by atoms with Crippen molar-refractivity contribution in [1.82, 2.24) is 4.57 Å². The molecule has 0 spiro atoms. The smallest absolute Gasteiger partial charge is 0.304 e. The van der Waals surface area contributed by atoms with Crippen LogP contribution in [0.2, 0.25) is 0 Å². The summed E-state index contributed by atoms with van der Waals surface area (Å²) in [5.41, 5.74) is 3.50. The van der Waals surface area contributed by atoms with Crippen LogP contribution in [0.3, 0.4) is 0 Å². The van der Waals surface area contributed by atoms with Gasteiger partial charge in [-0.1, -0.05) is 0 Å². The molecule has 2 aromatic rings. The second-order valence-corrected chi connectivity index (χ2v) is 11.9. The van der Waals surface area contributed by atoms with Crippen LogP contribution in [0.25, 0.3) is 10.9 Å². The monoisotopic (exact) mass is 467 g/mol. The largest absolute Gasteiger partial charge is 0.481 e. The Bertz CT molecular complexity index is 1110. The van der Waals surface area contributed by atoms with Gasteiger partial charge in [-0.3, -0.25) is 4.79 Å². The van der Waals surface area contributed by atoms with Gasteiger partial charge in [0.1, 0.15) is 0 Å². The van der Waals surface area contributed by atoms with Gasteiger partial charge < -0.3 is 14.8 Å². The van der Waals surface area contributed by atoms with Crippen molar-refractivity contribution < 1.29 is 23.4 Å². The Balaban J connectivity index is 1.93. The van der Waals surface area contributed by atoms with Crippen LogP contribution in [-0.4, -0.2) is 40.8 Å².